The predicted octanol–water partition coefficient (Wildman–Crippen LogP) is 23.0. The van der Waals surface area contributed by atoms with Crippen molar-refractivity contribution in [1.82, 2.24) is 9.13 Å². The summed E-state index contributed by atoms with van der Waals surface area (Å²) in [4.78, 5) is 5.23. The van der Waals surface area contributed by atoms with Crippen molar-refractivity contribution in [3.05, 3.63) is 283 Å². The zero-order chi connectivity index (χ0) is 66.2. The average Bonchev–Trinajstić information content (AvgIpc) is 1.21. The number of nitrogens with zero attached hydrogens (tertiary/aromatic N) is 4. The van der Waals surface area contributed by atoms with Gasteiger partial charge in [0.05, 0.1) is 27.8 Å². The summed E-state index contributed by atoms with van der Waals surface area (Å²) in [5, 5.41) is 5.00. The summed E-state index contributed by atoms with van der Waals surface area (Å²) in [6, 6.07) is 98.6. The van der Waals surface area contributed by atoms with E-state index in [0.29, 0.717) is 0 Å². The van der Waals surface area contributed by atoms with E-state index in [9.17, 15) is 0 Å². The third-order valence-corrected chi connectivity index (χ3v) is 23.4. The molecule has 0 radical (unpaired) electrons. The lowest BCUT2D eigenvalue weighted by molar-refractivity contribution is 0.332. The van der Waals surface area contributed by atoms with Gasteiger partial charge in [0.25, 0.3) is 6.71 Å². The van der Waals surface area contributed by atoms with Crippen molar-refractivity contribution < 1.29 is 0 Å². The minimum atomic E-state index is -0.148. The quantitative estimate of drug-likeness (QED) is 0.148. The molecular weight excluding hydrogens is 1170 g/mol. The van der Waals surface area contributed by atoms with Crippen LogP contribution in [0.25, 0.3) is 88.4 Å². The van der Waals surface area contributed by atoms with Crippen molar-refractivity contribution in [3.8, 4) is 44.8 Å². The molecule has 474 valence electrons. The molecule has 2 aliphatic carbocycles. The summed E-state index contributed by atoms with van der Waals surface area (Å²) < 4.78 is 5.05. The van der Waals surface area contributed by atoms with Gasteiger partial charge in [0, 0.05) is 61.4 Å². The Morgan fingerprint density at radius 3 is 1.22 bits per heavy atom. The van der Waals surface area contributed by atoms with Crippen molar-refractivity contribution in [2.75, 3.05) is 9.80 Å². The van der Waals surface area contributed by atoms with Crippen LogP contribution >= 0.6 is 0 Å². The van der Waals surface area contributed by atoms with Crippen molar-refractivity contribution in [2.24, 2.45) is 0 Å². The molecule has 2 aliphatic heterocycles. The molecule has 12 aromatic carbocycles. The highest BCUT2D eigenvalue weighted by Gasteiger charge is 2.45. The molecule has 18 rings (SSSR count). The van der Waals surface area contributed by atoms with E-state index in [1.807, 2.05) is 0 Å². The molecule has 14 aromatic rings. The Kier molecular flexibility index (Phi) is 13.0. The van der Waals surface area contributed by atoms with E-state index in [4.69, 9.17) is 0 Å². The second kappa shape index (κ2) is 21.2. The van der Waals surface area contributed by atoms with Crippen LogP contribution in [0, 0.1) is 0 Å². The Bertz CT molecular complexity index is 5520. The minimum absolute atomic E-state index is 0.0100. The molecule has 0 spiro atoms. The topological polar surface area (TPSA) is 16.3 Å². The SMILES string of the molecule is CC(C)(C)c1ccc2c(c1)c1ccccc1n2-c1ccc2c(c1)N(c1ccc(-c3ccc4c(c3)C(C)(C)CCC4(C)C)cc1)c1cc(-n3c4ccccc4c4ccccc43)cc3c1B2c1cc(-c2ccccc2)ccc1N3c1ccc(-c2ccc3c(c2)C(C)(C)CCC3(C)C)cc1. The van der Waals surface area contributed by atoms with Gasteiger partial charge in [0.1, 0.15) is 0 Å². The molecule has 0 N–H and O–H groups in total. The lowest BCUT2D eigenvalue weighted by Gasteiger charge is -2.44. The molecule has 97 heavy (non-hydrogen) atoms. The van der Waals surface area contributed by atoms with Crippen LogP contribution in [-0.2, 0) is 27.1 Å². The zero-order valence-electron chi connectivity index (χ0n) is 57.9. The summed E-state index contributed by atoms with van der Waals surface area (Å²) in [5.74, 6) is 0. The van der Waals surface area contributed by atoms with Crippen LogP contribution in [0.4, 0.5) is 34.1 Å². The van der Waals surface area contributed by atoms with Crippen LogP contribution in [0.1, 0.15) is 130 Å². The first kappa shape index (κ1) is 59.4. The van der Waals surface area contributed by atoms with Crippen molar-refractivity contribution in [1.29, 1.82) is 0 Å². The number of para-hydroxylation sites is 3. The van der Waals surface area contributed by atoms with Gasteiger partial charge in [-0.15, -0.1) is 0 Å². The molecule has 0 bridgehead atoms. The number of hydrogen-bond donors (Lipinski definition) is 0. The van der Waals surface area contributed by atoms with Gasteiger partial charge in [0.2, 0.25) is 0 Å². The summed E-state index contributed by atoms with van der Waals surface area (Å²) >= 11 is 0. The molecule has 0 saturated heterocycles. The summed E-state index contributed by atoms with van der Waals surface area (Å²) in [5.41, 5.74) is 32.7. The monoisotopic (exact) mass is 1250 g/mol. The van der Waals surface area contributed by atoms with Crippen LogP contribution < -0.4 is 26.2 Å². The average molecular weight is 1260 g/mol. The molecule has 5 heteroatoms. The predicted molar refractivity (Wildman–Crippen MR) is 415 cm³/mol. The fourth-order valence-electron chi connectivity index (χ4n) is 17.7. The van der Waals surface area contributed by atoms with E-state index >= 15 is 0 Å². The molecule has 4 nitrogen and oxygen atoms in total. The fourth-order valence-corrected chi connectivity index (χ4v) is 17.7. The van der Waals surface area contributed by atoms with Crippen molar-refractivity contribution in [3.63, 3.8) is 0 Å². The third-order valence-electron chi connectivity index (χ3n) is 23.4. The molecule has 0 saturated carbocycles. The number of fused-ring (bicyclic) bond motifs is 12. The second-order valence-corrected chi connectivity index (χ2v) is 32.2. The van der Waals surface area contributed by atoms with Gasteiger partial charge in [-0.1, -0.05) is 246 Å². The number of aromatic nitrogens is 2. The van der Waals surface area contributed by atoms with Crippen LogP contribution in [0.2, 0.25) is 0 Å². The Morgan fingerprint density at radius 1 is 0.289 bits per heavy atom. The Morgan fingerprint density at radius 2 is 0.691 bits per heavy atom. The van der Waals surface area contributed by atoms with Crippen LogP contribution in [0.3, 0.4) is 0 Å². The lowest BCUT2D eigenvalue weighted by atomic mass is 9.33. The molecule has 0 atom stereocenters. The first-order chi connectivity index (χ1) is 46.7. The van der Waals surface area contributed by atoms with Crippen molar-refractivity contribution >= 4 is 101 Å². The van der Waals surface area contributed by atoms with E-state index in [0.717, 1.165) is 39.8 Å². The van der Waals surface area contributed by atoms with Gasteiger partial charge in [-0.2, -0.15) is 0 Å². The Balaban J connectivity index is 0.911. The van der Waals surface area contributed by atoms with Gasteiger partial charge in [-0.25, -0.2) is 0 Å². The third kappa shape index (κ3) is 9.23. The van der Waals surface area contributed by atoms with Gasteiger partial charge in [0.15, 0.2) is 0 Å². The van der Waals surface area contributed by atoms with Gasteiger partial charge in [-0.05, 0) is 215 Å². The molecular formula is C92H83BN4. The molecule has 0 amide bonds. The van der Waals surface area contributed by atoms with Gasteiger partial charge in [-0.3, -0.25) is 0 Å². The van der Waals surface area contributed by atoms with E-state index in [-0.39, 0.29) is 33.8 Å². The molecule has 0 unspecified atom stereocenters. The summed E-state index contributed by atoms with van der Waals surface area (Å²) in [7, 11) is 0. The van der Waals surface area contributed by atoms with E-state index in [1.165, 1.54) is 153 Å². The standard InChI is InChI=1S/C92H83BN4/c1-88(2,3)64-36-46-82-72(54-64)71-25-17-20-28-81(71)96(82)67-41-44-77-84(55-67)95(66-39-31-60(32-40-66)62-34-43-74-76(52-62)92(10,11)50-48-90(74,6)7)86-57-68(97-79-26-18-15-23-69(79)70-24-16-19-27-80(70)97)56-85-87(86)93(77)78-53-63(58-21-13-12-14-22-58)35-45-83(78)94(85)65-37-29-59(30-38-65)61-33-42-73-75(51-61)91(8,9)49-47-89(73,4)5/h12-46,51-57H,47-50H2,1-11H3. The molecule has 2 aromatic heterocycles. The fraction of sp³-hybridized carbons (Fsp3) is 0.217. The van der Waals surface area contributed by atoms with E-state index in [1.54, 1.807) is 0 Å². The molecule has 4 heterocycles. The summed E-state index contributed by atoms with van der Waals surface area (Å²) in [6.07, 6.45) is 4.73. The minimum Gasteiger partial charge on any atom is -0.311 e. The first-order valence-corrected chi connectivity index (χ1v) is 35.3. The number of anilines is 6. The van der Waals surface area contributed by atoms with Gasteiger partial charge < -0.3 is 18.9 Å². The Labute approximate surface area is 572 Å². The van der Waals surface area contributed by atoms with Gasteiger partial charge >= 0.3 is 0 Å². The number of benzene rings is 12. The zero-order valence-corrected chi connectivity index (χ0v) is 57.9. The maximum Gasteiger partial charge on any atom is 0.252 e. The number of hydrogen-bond acceptors (Lipinski definition) is 2. The second-order valence-electron chi connectivity index (χ2n) is 32.2. The highest BCUT2D eigenvalue weighted by Crippen LogP contribution is 2.52. The lowest BCUT2D eigenvalue weighted by Crippen LogP contribution is -2.61. The van der Waals surface area contributed by atoms with Crippen molar-refractivity contribution in [2.45, 2.75) is 129 Å². The van der Waals surface area contributed by atoms with E-state index in [2.05, 4.69) is 350 Å². The van der Waals surface area contributed by atoms with E-state index < -0.39 is 0 Å². The first-order valence-electron chi connectivity index (χ1n) is 35.3. The smallest absolute Gasteiger partial charge is 0.252 e. The maximum absolute atomic E-state index is 2.63. The normalized spacial score (nSPS) is 16.3. The number of rotatable bonds is 7. The molecule has 0 fully saturated rings. The highest BCUT2D eigenvalue weighted by molar-refractivity contribution is 7.00. The summed E-state index contributed by atoms with van der Waals surface area (Å²) in [6.45, 7) is 26.3. The Hall–Kier alpha value is -10.1. The molecule has 4 aliphatic rings. The van der Waals surface area contributed by atoms with Crippen LogP contribution in [0.5, 0.6) is 0 Å². The largest absolute Gasteiger partial charge is 0.311 e. The van der Waals surface area contributed by atoms with Crippen LogP contribution in [-0.4, -0.2) is 15.8 Å². The van der Waals surface area contributed by atoms with Crippen LogP contribution in [0.15, 0.2) is 255 Å². The highest BCUT2D eigenvalue weighted by atomic mass is 15.2. The maximum atomic E-state index is 2.63.